The maximum absolute atomic E-state index is 8.66. The third kappa shape index (κ3) is 6.29. The van der Waals surface area contributed by atoms with Gasteiger partial charge in [0.2, 0.25) is 0 Å². The molecule has 17 heavy (non-hydrogen) atoms. The molecule has 3 heteroatoms. The highest BCUT2D eigenvalue weighted by atomic mass is 16.5. The first-order valence-electron chi connectivity index (χ1n) is 6.29. The van der Waals surface area contributed by atoms with Crippen molar-refractivity contribution in [3.05, 3.63) is 29.8 Å². The van der Waals surface area contributed by atoms with Gasteiger partial charge in [0.15, 0.2) is 0 Å². The molecule has 96 valence electrons. The number of nitrogens with one attached hydrogen (secondary N) is 1. The van der Waals surface area contributed by atoms with Crippen molar-refractivity contribution in [2.24, 2.45) is 0 Å². The Morgan fingerprint density at radius 3 is 2.82 bits per heavy atom. The van der Waals surface area contributed by atoms with E-state index in [-0.39, 0.29) is 12.7 Å². The summed E-state index contributed by atoms with van der Waals surface area (Å²) in [6.07, 6.45) is 2.09. The molecule has 0 aliphatic rings. The van der Waals surface area contributed by atoms with Crippen molar-refractivity contribution in [3.63, 3.8) is 0 Å². The highest BCUT2D eigenvalue weighted by Crippen LogP contribution is 2.14. The average Bonchev–Trinajstić information content (AvgIpc) is 2.28. The summed E-state index contributed by atoms with van der Waals surface area (Å²) >= 11 is 0. The molecule has 0 amide bonds. The van der Waals surface area contributed by atoms with E-state index < -0.39 is 0 Å². The Morgan fingerprint density at radius 2 is 2.12 bits per heavy atom. The van der Waals surface area contributed by atoms with Gasteiger partial charge in [-0.3, -0.25) is 0 Å². The number of rotatable bonds is 8. The molecule has 2 N–H and O–H groups in total. The fourth-order valence-corrected chi connectivity index (χ4v) is 1.60. The van der Waals surface area contributed by atoms with Crippen LogP contribution in [0.25, 0.3) is 0 Å². The lowest BCUT2D eigenvalue weighted by Gasteiger charge is -2.11. The maximum atomic E-state index is 8.66. The highest BCUT2D eigenvalue weighted by molar-refractivity contribution is 5.28. The lowest BCUT2D eigenvalue weighted by Crippen LogP contribution is -2.15. The van der Waals surface area contributed by atoms with E-state index in [1.165, 1.54) is 5.56 Å². The van der Waals surface area contributed by atoms with Crippen molar-refractivity contribution in [1.82, 2.24) is 5.32 Å². The van der Waals surface area contributed by atoms with E-state index in [9.17, 15) is 0 Å². The average molecular weight is 237 g/mol. The van der Waals surface area contributed by atoms with E-state index in [2.05, 4.69) is 17.4 Å². The van der Waals surface area contributed by atoms with E-state index in [0.717, 1.165) is 31.7 Å². The van der Waals surface area contributed by atoms with Crippen molar-refractivity contribution in [2.75, 3.05) is 13.2 Å². The smallest absolute Gasteiger partial charge is 0.120 e. The largest absolute Gasteiger partial charge is 0.491 e. The van der Waals surface area contributed by atoms with Crippen LogP contribution in [0.2, 0.25) is 0 Å². The molecule has 0 radical (unpaired) electrons. The second-order valence-electron chi connectivity index (χ2n) is 4.42. The molecule has 1 aromatic carbocycles. The third-order valence-corrected chi connectivity index (χ3v) is 2.36. The molecule has 0 bridgehead atoms. The molecule has 0 saturated heterocycles. The van der Waals surface area contributed by atoms with Crippen molar-refractivity contribution in [1.29, 1.82) is 0 Å². The number of ether oxygens (including phenoxy) is 1. The Bertz CT molecular complexity index is 313. The quantitative estimate of drug-likeness (QED) is 0.682. The van der Waals surface area contributed by atoms with E-state index in [4.69, 9.17) is 9.84 Å². The second-order valence-corrected chi connectivity index (χ2v) is 4.42. The summed E-state index contributed by atoms with van der Waals surface area (Å²) in [5, 5.41) is 12.0. The van der Waals surface area contributed by atoms with Gasteiger partial charge in [0.25, 0.3) is 0 Å². The van der Waals surface area contributed by atoms with Gasteiger partial charge in [-0.15, -0.1) is 0 Å². The van der Waals surface area contributed by atoms with Crippen molar-refractivity contribution in [2.45, 2.75) is 39.3 Å². The minimum absolute atomic E-state index is 0.211. The standard InChI is InChI=1S/C14H23NO2/c1-12(2)17-14-7-5-6-13(10-14)11-15-8-3-4-9-16/h5-7,10,12,15-16H,3-4,8-9,11H2,1-2H3. The molecule has 1 aromatic rings. The molecular formula is C14H23NO2. The summed E-state index contributed by atoms with van der Waals surface area (Å²) in [5.74, 6) is 0.926. The summed E-state index contributed by atoms with van der Waals surface area (Å²) in [6.45, 7) is 6.12. The van der Waals surface area contributed by atoms with Gasteiger partial charge in [-0.2, -0.15) is 0 Å². The van der Waals surface area contributed by atoms with E-state index in [1.807, 2.05) is 26.0 Å². The summed E-state index contributed by atoms with van der Waals surface area (Å²) in [5.41, 5.74) is 1.23. The molecule has 0 aliphatic carbocycles. The number of hydrogen-bond acceptors (Lipinski definition) is 3. The first-order valence-corrected chi connectivity index (χ1v) is 6.29. The Kier molecular flexibility index (Phi) is 6.67. The SMILES string of the molecule is CC(C)Oc1cccc(CNCCCCO)c1. The lowest BCUT2D eigenvalue weighted by molar-refractivity contribution is 0.242. The van der Waals surface area contributed by atoms with Crippen LogP contribution in [0.4, 0.5) is 0 Å². The molecule has 1 rings (SSSR count). The van der Waals surface area contributed by atoms with E-state index >= 15 is 0 Å². The van der Waals surface area contributed by atoms with Crippen molar-refractivity contribution < 1.29 is 9.84 Å². The number of aliphatic hydroxyl groups excluding tert-OH is 1. The number of aliphatic hydroxyl groups is 1. The Morgan fingerprint density at radius 1 is 1.29 bits per heavy atom. The third-order valence-electron chi connectivity index (χ3n) is 2.36. The van der Waals surface area contributed by atoms with E-state index in [0.29, 0.717) is 0 Å². The molecule has 0 fully saturated rings. The van der Waals surface area contributed by atoms with Gasteiger partial charge in [0, 0.05) is 13.2 Å². The predicted octanol–water partition coefficient (Wildman–Crippen LogP) is 2.34. The zero-order chi connectivity index (χ0) is 12.5. The van der Waals surface area contributed by atoms with Crippen LogP contribution >= 0.6 is 0 Å². The second kappa shape index (κ2) is 8.09. The Hall–Kier alpha value is -1.06. The normalized spacial score (nSPS) is 10.8. The number of hydrogen-bond donors (Lipinski definition) is 2. The Balaban J connectivity index is 2.32. The van der Waals surface area contributed by atoms with Gasteiger partial charge in [-0.25, -0.2) is 0 Å². The molecule has 0 aromatic heterocycles. The predicted molar refractivity (Wildman–Crippen MR) is 70.2 cm³/mol. The van der Waals surface area contributed by atoms with Gasteiger partial charge >= 0.3 is 0 Å². The monoisotopic (exact) mass is 237 g/mol. The van der Waals surface area contributed by atoms with Crippen molar-refractivity contribution in [3.8, 4) is 5.75 Å². The zero-order valence-corrected chi connectivity index (χ0v) is 10.8. The molecule has 0 atom stereocenters. The minimum atomic E-state index is 0.211. The lowest BCUT2D eigenvalue weighted by atomic mass is 10.2. The van der Waals surface area contributed by atoms with Crippen LogP contribution in [0.1, 0.15) is 32.3 Å². The summed E-state index contributed by atoms with van der Waals surface area (Å²) in [6, 6.07) is 8.16. The van der Waals surface area contributed by atoms with Gasteiger partial charge < -0.3 is 15.2 Å². The fraction of sp³-hybridized carbons (Fsp3) is 0.571. The van der Waals surface area contributed by atoms with Crippen LogP contribution < -0.4 is 10.1 Å². The fourth-order valence-electron chi connectivity index (χ4n) is 1.60. The molecule has 0 saturated carbocycles. The van der Waals surface area contributed by atoms with Crippen LogP contribution in [0.15, 0.2) is 24.3 Å². The zero-order valence-electron chi connectivity index (χ0n) is 10.8. The van der Waals surface area contributed by atoms with Crippen LogP contribution in [-0.2, 0) is 6.54 Å². The first-order chi connectivity index (χ1) is 8.22. The highest BCUT2D eigenvalue weighted by Gasteiger charge is 1.99. The maximum Gasteiger partial charge on any atom is 0.120 e. The molecule has 0 unspecified atom stereocenters. The van der Waals surface area contributed by atoms with Crippen LogP contribution in [0.5, 0.6) is 5.75 Å². The molecule has 3 nitrogen and oxygen atoms in total. The summed E-state index contributed by atoms with van der Waals surface area (Å²) < 4.78 is 5.64. The van der Waals surface area contributed by atoms with Crippen LogP contribution in [-0.4, -0.2) is 24.4 Å². The molecule has 0 spiro atoms. The minimum Gasteiger partial charge on any atom is -0.491 e. The topological polar surface area (TPSA) is 41.5 Å². The van der Waals surface area contributed by atoms with Gasteiger partial charge in [-0.05, 0) is 50.9 Å². The van der Waals surface area contributed by atoms with Crippen molar-refractivity contribution >= 4 is 0 Å². The molecular weight excluding hydrogens is 214 g/mol. The summed E-state index contributed by atoms with van der Waals surface area (Å²) in [4.78, 5) is 0. The molecule has 0 heterocycles. The van der Waals surface area contributed by atoms with Gasteiger partial charge in [0.1, 0.15) is 5.75 Å². The summed E-state index contributed by atoms with van der Waals surface area (Å²) in [7, 11) is 0. The first kappa shape index (κ1) is 14.0. The number of unbranched alkanes of at least 4 members (excludes halogenated alkanes) is 1. The van der Waals surface area contributed by atoms with E-state index in [1.54, 1.807) is 0 Å². The van der Waals surface area contributed by atoms with Crippen LogP contribution in [0.3, 0.4) is 0 Å². The Labute approximate surface area is 104 Å². The van der Waals surface area contributed by atoms with Gasteiger partial charge in [0.05, 0.1) is 6.10 Å². The number of benzene rings is 1. The molecule has 0 aliphatic heterocycles. The van der Waals surface area contributed by atoms with Gasteiger partial charge in [-0.1, -0.05) is 12.1 Å². The van der Waals surface area contributed by atoms with Crippen LogP contribution in [0, 0.1) is 0 Å².